The largest absolute Gasteiger partial charge is 0.434 e. The normalized spacial score (nSPS) is 11.0. The summed E-state index contributed by atoms with van der Waals surface area (Å²) in [4.78, 5) is 11.6. The van der Waals surface area contributed by atoms with Crippen LogP contribution in [0.25, 0.3) is 0 Å². The summed E-state index contributed by atoms with van der Waals surface area (Å²) in [5.41, 5.74) is 5.37. The lowest BCUT2D eigenvalue weighted by Gasteiger charge is -2.11. The fraction of sp³-hybridized carbons (Fsp3) is 0.231. The number of hydrogen-bond acceptors (Lipinski definition) is 4. The number of benzene rings is 1. The molecule has 0 aliphatic heterocycles. The van der Waals surface area contributed by atoms with Gasteiger partial charge < -0.3 is 10.5 Å². The van der Waals surface area contributed by atoms with E-state index in [0.717, 1.165) is 0 Å². The van der Waals surface area contributed by atoms with Gasteiger partial charge in [-0.05, 0) is 12.0 Å². The smallest absolute Gasteiger partial charge is 0.267 e. The SMILES string of the molecule is CC(C)c1cc(Oc2c(Cl)cc(N)c(F)c2Cl)n[nH]c1=O. The van der Waals surface area contributed by atoms with Gasteiger partial charge >= 0.3 is 0 Å². The second kappa shape index (κ2) is 5.91. The molecule has 2 rings (SSSR count). The molecule has 0 atom stereocenters. The van der Waals surface area contributed by atoms with Crippen molar-refractivity contribution in [1.29, 1.82) is 0 Å². The Morgan fingerprint density at radius 3 is 2.67 bits per heavy atom. The highest BCUT2D eigenvalue weighted by atomic mass is 35.5. The summed E-state index contributed by atoms with van der Waals surface area (Å²) in [7, 11) is 0. The van der Waals surface area contributed by atoms with Crippen LogP contribution < -0.4 is 16.0 Å². The van der Waals surface area contributed by atoms with Crippen molar-refractivity contribution in [2.45, 2.75) is 19.8 Å². The molecule has 0 saturated carbocycles. The van der Waals surface area contributed by atoms with Gasteiger partial charge in [0.15, 0.2) is 11.6 Å². The number of anilines is 1. The number of nitrogens with zero attached hydrogens (tertiary/aromatic N) is 1. The van der Waals surface area contributed by atoms with Crippen molar-refractivity contribution in [2.24, 2.45) is 0 Å². The Labute approximate surface area is 129 Å². The summed E-state index contributed by atoms with van der Waals surface area (Å²) in [5.74, 6) is -0.927. The van der Waals surface area contributed by atoms with E-state index in [1.54, 1.807) is 0 Å². The molecule has 0 fully saturated rings. The monoisotopic (exact) mass is 331 g/mol. The van der Waals surface area contributed by atoms with Gasteiger partial charge in [0.1, 0.15) is 5.02 Å². The zero-order valence-corrected chi connectivity index (χ0v) is 12.7. The molecule has 8 heteroatoms. The lowest BCUT2D eigenvalue weighted by atomic mass is 10.1. The van der Waals surface area contributed by atoms with E-state index >= 15 is 0 Å². The van der Waals surface area contributed by atoms with Crippen molar-refractivity contribution in [3.63, 3.8) is 0 Å². The number of nitrogens with one attached hydrogen (secondary N) is 1. The lowest BCUT2D eigenvalue weighted by Crippen LogP contribution is -2.15. The van der Waals surface area contributed by atoms with Crippen LogP contribution in [0.4, 0.5) is 10.1 Å². The topological polar surface area (TPSA) is 81.0 Å². The van der Waals surface area contributed by atoms with E-state index in [1.165, 1.54) is 12.1 Å². The zero-order chi connectivity index (χ0) is 15.7. The van der Waals surface area contributed by atoms with Gasteiger partial charge in [-0.2, -0.15) is 0 Å². The summed E-state index contributed by atoms with van der Waals surface area (Å²) in [5, 5.41) is 5.71. The molecule has 5 nitrogen and oxygen atoms in total. The molecule has 1 aromatic heterocycles. The number of halogens is 3. The molecule has 0 aliphatic carbocycles. The predicted octanol–water partition coefficient (Wildman–Crippen LogP) is 3.71. The molecular weight excluding hydrogens is 320 g/mol. The predicted molar refractivity (Wildman–Crippen MR) is 79.9 cm³/mol. The van der Waals surface area contributed by atoms with Crippen molar-refractivity contribution in [2.75, 3.05) is 5.73 Å². The van der Waals surface area contributed by atoms with Gasteiger partial charge in [0.2, 0.25) is 5.88 Å². The van der Waals surface area contributed by atoms with Crippen LogP contribution in [-0.4, -0.2) is 10.2 Å². The fourth-order valence-electron chi connectivity index (χ4n) is 1.68. The first-order valence-electron chi connectivity index (χ1n) is 6.01. The Morgan fingerprint density at radius 1 is 1.38 bits per heavy atom. The van der Waals surface area contributed by atoms with Crippen molar-refractivity contribution in [1.82, 2.24) is 10.2 Å². The average Bonchev–Trinajstić information content (AvgIpc) is 2.42. The average molecular weight is 332 g/mol. The van der Waals surface area contributed by atoms with Crippen molar-refractivity contribution in [3.05, 3.63) is 43.9 Å². The second-order valence-electron chi connectivity index (χ2n) is 4.65. The number of aromatic amines is 1. The van der Waals surface area contributed by atoms with E-state index in [-0.39, 0.29) is 38.8 Å². The molecule has 2 aromatic rings. The van der Waals surface area contributed by atoms with Gasteiger partial charge in [0.25, 0.3) is 5.56 Å². The Kier molecular flexibility index (Phi) is 4.39. The molecule has 0 unspecified atom stereocenters. The van der Waals surface area contributed by atoms with E-state index in [9.17, 15) is 9.18 Å². The Hall–Kier alpha value is -1.79. The lowest BCUT2D eigenvalue weighted by molar-refractivity contribution is 0.449. The van der Waals surface area contributed by atoms with Crippen LogP contribution in [0.1, 0.15) is 25.3 Å². The minimum absolute atomic E-state index is 0.0341. The quantitative estimate of drug-likeness (QED) is 0.663. The third kappa shape index (κ3) is 3.11. The van der Waals surface area contributed by atoms with E-state index in [1.807, 2.05) is 13.8 Å². The van der Waals surface area contributed by atoms with Gasteiger partial charge in [-0.15, -0.1) is 5.10 Å². The minimum atomic E-state index is -0.829. The van der Waals surface area contributed by atoms with Gasteiger partial charge in [0.05, 0.1) is 10.7 Å². The maximum absolute atomic E-state index is 13.7. The van der Waals surface area contributed by atoms with Crippen molar-refractivity contribution < 1.29 is 9.13 Å². The molecule has 112 valence electrons. The third-order valence-electron chi connectivity index (χ3n) is 2.78. The standard InChI is InChI=1S/C13H12Cl2FN3O2/c1-5(2)6-3-9(18-19-13(6)20)21-12-7(14)4-8(17)11(16)10(12)15/h3-5H,17H2,1-2H3,(H,19,20). The van der Waals surface area contributed by atoms with Gasteiger partial charge in [-0.25, -0.2) is 9.49 Å². The molecule has 21 heavy (non-hydrogen) atoms. The first-order valence-corrected chi connectivity index (χ1v) is 6.77. The molecule has 0 radical (unpaired) electrons. The molecule has 0 saturated heterocycles. The highest BCUT2D eigenvalue weighted by Crippen LogP contribution is 2.40. The summed E-state index contributed by atoms with van der Waals surface area (Å²) >= 11 is 11.8. The third-order valence-corrected chi connectivity index (χ3v) is 3.40. The number of nitrogen functional groups attached to an aromatic ring is 1. The molecule has 0 bridgehead atoms. The Bertz CT molecular complexity index is 747. The van der Waals surface area contributed by atoms with Gasteiger partial charge in [0, 0.05) is 11.6 Å². The van der Waals surface area contributed by atoms with Crippen LogP contribution in [0.5, 0.6) is 11.6 Å². The maximum Gasteiger partial charge on any atom is 0.267 e. The molecule has 1 heterocycles. The molecule has 1 aromatic carbocycles. The molecule has 3 N–H and O–H groups in total. The highest BCUT2D eigenvalue weighted by molar-refractivity contribution is 6.37. The van der Waals surface area contributed by atoms with Crippen LogP contribution in [0.3, 0.4) is 0 Å². The number of nitrogens with two attached hydrogens (primary N) is 1. The van der Waals surface area contributed by atoms with E-state index in [4.69, 9.17) is 33.7 Å². The van der Waals surface area contributed by atoms with Crippen LogP contribution in [-0.2, 0) is 0 Å². The van der Waals surface area contributed by atoms with E-state index < -0.39 is 5.82 Å². The molecule has 0 aliphatic rings. The number of rotatable bonds is 3. The summed E-state index contributed by atoms with van der Waals surface area (Å²) in [6, 6.07) is 2.64. The Balaban J connectivity index is 2.46. The number of ether oxygens (including phenoxy) is 1. The van der Waals surface area contributed by atoms with Crippen molar-refractivity contribution >= 4 is 28.9 Å². The zero-order valence-electron chi connectivity index (χ0n) is 11.2. The number of hydrogen-bond donors (Lipinski definition) is 2. The summed E-state index contributed by atoms with van der Waals surface area (Å²) in [6.07, 6.45) is 0. The van der Waals surface area contributed by atoms with Crippen LogP contribution in [0, 0.1) is 5.82 Å². The summed E-state index contributed by atoms with van der Waals surface area (Å²) < 4.78 is 19.1. The molecular formula is C13H12Cl2FN3O2. The first-order chi connectivity index (χ1) is 9.81. The van der Waals surface area contributed by atoms with E-state index in [0.29, 0.717) is 5.56 Å². The molecule has 0 spiro atoms. The van der Waals surface area contributed by atoms with Crippen LogP contribution >= 0.6 is 23.2 Å². The number of aromatic nitrogens is 2. The van der Waals surface area contributed by atoms with Crippen LogP contribution in [0.2, 0.25) is 10.0 Å². The Morgan fingerprint density at radius 2 is 2.05 bits per heavy atom. The number of H-pyrrole nitrogens is 1. The molecule has 0 amide bonds. The summed E-state index contributed by atoms with van der Waals surface area (Å²) in [6.45, 7) is 3.69. The maximum atomic E-state index is 13.7. The van der Waals surface area contributed by atoms with Crippen LogP contribution in [0.15, 0.2) is 16.9 Å². The minimum Gasteiger partial charge on any atom is -0.434 e. The van der Waals surface area contributed by atoms with Gasteiger partial charge in [-0.3, -0.25) is 4.79 Å². The van der Waals surface area contributed by atoms with Gasteiger partial charge in [-0.1, -0.05) is 37.0 Å². The van der Waals surface area contributed by atoms with Crippen molar-refractivity contribution in [3.8, 4) is 11.6 Å². The second-order valence-corrected chi connectivity index (χ2v) is 5.44. The highest BCUT2D eigenvalue weighted by Gasteiger charge is 2.18. The first kappa shape index (κ1) is 15.6. The fourth-order valence-corrected chi connectivity index (χ4v) is 2.23. The van der Waals surface area contributed by atoms with E-state index in [2.05, 4.69) is 10.2 Å².